The Morgan fingerprint density at radius 1 is 1.45 bits per heavy atom. The number of sulfonamides is 1. The minimum absolute atomic E-state index is 0. The smallest absolute Gasteiger partial charge is 0.241 e. The molecule has 0 aromatic heterocycles. The first-order valence-corrected chi connectivity index (χ1v) is 8.73. The zero-order valence-corrected chi connectivity index (χ0v) is 14.9. The molecule has 1 heterocycles. The van der Waals surface area contributed by atoms with Gasteiger partial charge in [0.25, 0.3) is 0 Å². The van der Waals surface area contributed by atoms with Crippen LogP contribution in [0, 0.1) is 5.92 Å². The summed E-state index contributed by atoms with van der Waals surface area (Å²) in [5, 5.41) is 3.75. The Kier molecular flexibility index (Phi) is 6.76. The highest BCUT2D eigenvalue weighted by molar-refractivity contribution is 9.10. The van der Waals surface area contributed by atoms with E-state index in [0.717, 1.165) is 19.5 Å². The molecular weight excluding hydrogens is 387 g/mol. The molecule has 0 radical (unpaired) electrons. The molecule has 8 heteroatoms. The van der Waals surface area contributed by atoms with Crippen LogP contribution < -0.4 is 10.0 Å². The molecule has 2 N–H and O–H groups in total. The summed E-state index contributed by atoms with van der Waals surface area (Å²) in [6.45, 7) is 3.70. The van der Waals surface area contributed by atoms with E-state index in [1.807, 2.05) is 6.92 Å². The Morgan fingerprint density at radius 2 is 2.15 bits per heavy atom. The molecule has 20 heavy (non-hydrogen) atoms. The maximum absolute atomic E-state index is 12.4. The topological polar surface area (TPSA) is 58.2 Å². The first-order valence-electron chi connectivity index (χ1n) is 6.08. The van der Waals surface area contributed by atoms with Gasteiger partial charge in [-0.1, -0.05) is 18.5 Å². The zero-order chi connectivity index (χ0) is 14.0. The second-order valence-corrected chi connectivity index (χ2v) is 7.75. The van der Waals surface area contributed by atoms with Gasteiger partial charge in [-0.15, -0.1) is 12.4 Å². The van der Waals surface area contributed by atoms with E-state index in [9.17, 15) is 8.42 Å². The Hall–Kier alpha value is 0.150. The van der Waals surface area contributed by atoms with Crippen molar-refractivity contribution in [1.82, 2.24) is 10.0 Å². The number of halogens is 3. The van der Waals surface area contributed by atoms with Gasteiger partial charge in [0.15, 0.2) is 0 Å². The second kappa shape index (κ2) is 7.42. The van der Waals surface area contributed by atoms with Crippen LogP contribution in [0.15, 0.2) is 27.6 Å². The van der Waals surface area contributed by atoms with Crippen LogP contribution in [0.3, 0.4) is 0 Å². The van der Waals surface area contributed by atoms with Gasteiger partial charge in [0.05, 0.1) is 4.90 Å². The number of piperidine rings is 1. The van der Waals surface area contributed by atoms with Gasteiger partial charge in [0.1, 0.15) is 0 Å². The average Bonchev–Trinajstić information content (AvgIpc) is 2.31. The predicted molar refractivity (Wildman–Crippen MR) is 87.2 cm³/mol. The molecule has 1 aromatic carbocycles. The molecule has 114 valence electrons. The largest absolute Gasteiger partial charge is 0.316 e. The molecule has 0 spiro atoms. The molecule has 2 unspecified atom stereocenters. The van der Waals surface area contributed by atoms with Crippen LogP contribution in [0.2, 0.25) is 5.02 Å². The predicted octanol–water partition coefficient (Wildman–Crippen LogP) is 2.80. The molecular formula is C12H17BrCl2N2O2S. The van der Waals surface area contributed by atoms with Crippen molar-refractivity contribution in [3.63, 3.8) is 0 Å². The van der Waals surface area contributed by atoms with Gasteiger partial charge < -0.3 is 5.32 Å². The lowest BCUT2D eigenvalue weighted by atomic mass is 9.97. The van der Waals surface area contributed by atoms with E-state index in [0.29, 0.717) is 9.50 Å². The minimum atomic E-state index is -3.52. The maximum atomic E-state index is 12.4. The van der Waals surface area contributed by atoms with Crippen LogP contribution in [0.1, 0.15) is 13.3 Å². The second-order valence-electron chi connectivity index (χ2n) is 4.77. The minimum Gasteiger partial charge on any atom is -0.316 e. The Balaban J connectivity index is 0.00000200. The summed E-state index contributed by atoms with van der Waals surface area (Å²) in [7, 11) is -3.52. The summed E-state index contributed by atoms with van der Waals surface area (Å²) in [5.74, 6) is 0.273. The first kappa shape index (κ1) is 18.2. The number of hydrogen-bond donors (Lipinski definition) is 2. The monoisotopic (exact) mass is 402 g/mol. The van der Waals surface area contributed by atoms with Crippen LogP contribution in [-0.4, -0.2) is 27.5 Å². The van der Waals surface area contributed by atoms with E-state index < -0.39 is 10.0 Å². The molecule has 1 fully saturated rings. The molecule has 0 bridgehead atoms. The molecule has 1 aliphatic heterocycles. The molecule has 2 rings (SSSR count). The Labute approximate surface area is 139 Å². The van der Waals surface area contributed by atoms with Crippen LogP contribution in [0.25, 0.3) is 0 Å². The molecule has 4 nitrogen and oxygen atoms in total. The van der Waals surface area contributed by atoms with E-state index in [4.69, 9.17) is 11.6 Å². The van der Waals surface area contributed by atoms with Gasteiger partial charge in [0.2, 0.25) is 10.0 Å². The fraction of sp³-hybridized carbons (Fsp3) is 0.500. The van der Waals surface area contributed by atoms with Gasteiger partial charge in [-0.3, -0.25) is 0 Å². The van der Waals surface area contributed by atoms with Crippen molar-refractivity contribution in [3.05, 3.63) is 27.7 Å². The standard InChI is InChI=1S/C12H16BrClN2O2S.ClH/c1-8-7-15-5-4-11(8)16-19(17,18)12-3-2-9(14)6-10(12)13;/h2-3,6,8,11,15-16H,4-5,7H2,1H3;1H. The molecule has 1 saturated heterocycles. The van der Waals surface area contributed by atoms with E-state index in [2.05, 4.69) is 26.0 Å². The lowest BCUT2D eigenvalue weighted by Crippen LogP contribution is -2.48. The maximum Gasteiger partial charge on any atom is 0.241 e. The van der Waals surface area contributed by atoms with Gasteiger partial charge in [-0.05, 0) is 59.6 Å². The number of hydrogen-bond acceptors (Lipinski definition) is 3. The normalized spacial score (nSPS) is 23.1. The van der Waals surface area contributed by atoms with Crippen LogP contribution in [0.5, 0.6) is 0 Å². The summed E-state index contributed by atoms with van der Waals surface area (Å²) in [6, 6.07) is 4.64. The Morgan fingerprint density at radius 3 is 2.75 bits per heavy atom. The summed E-state index contributed by atoms with van der Waals surface area (Å²) in [6.07, 6.45) is 0.797. The summed E-state index contributed by atoms with van der Waals surface area (Å²) >= 11 is 9.08. The van der Waals surface area contributed by atoms with E-state index in [-0.39, 0.29) is 29.3 Å². The SMILES string of the molecule is CC1CNCCC1NS(=O)(=O)c1ccc(Cl)cc1Br.Cl. The molecule has 1 aromatic rings. The van der Waals surface area contributed by atoms with Gasteiger partial charge in [-0.2, -0.15) is 0 Å². The van der Waals surface area contributed by atoms with Crippen LogP contribution in [0.4, 0.5) is 0 Å². The fourth-order valence-electron chi connectivity index (χ4n) is 2.15. The lowest BCUT2D eigenvalue weighted by Gasteiger charge is -2.30. The summed E-state index contributed by atoms with van der Waals surface area (Å²) < 4.78 is 28.0. The number of benzene rings is 1. The molecule has 0 aliphatic carbocycles. The molecule has 0 saturated carbocycles. The van der Waals surface area contributed by atoms with Gasteiger partial charge in [-0.25, -0.2) is 13.1 Å². The number of rotatable bonds is 3. The lowest BCUT2D eigenvalue weighted by molar-refractivity contribution is 0.328. The Bertz CT molecular complexity index is 569. The highest BCUT2D eigenvalue weighted by Crippen LogP contribution is 2.26. The van der Waals surface area contributed by atoms with Crippen molar-refractivity contribution >= 4 is 50.0 Å². The highest BCUT2D eigenvalue weighted by atomic mass is 79.9. The third-order valence-electron chi connectivity index (χ3n) is 3.28. The van der Waals surface area contributed by atoms with Crippen molar-refractivity contribution in [2.75, 3.05) is 13.1 Å². The van der Waals surface area contributed by atoms with Crippen LogP contribution >= 0.6 is 39.9 Å². The van der Waals surface area contributed by atoms with Gasteiger partial charge >= 0.3 is 0 Å². The first-order chi connectivity index (χ1) is 8.90. The summed E-state index contributed by atoms with van der Waals surface area (Å²) in [4.78, 5) is 0.225. The van der Waals surface area contributed by atoms with Crippen molar-refractivity contribution in [2.24, 2.45) is 5.92 Å². The zero-order valence-electron chi connectivity index (χ0n) is 10.9. The van der Waals surface area contributed by atoms with Gasteiger partial charge in [0, 0.05) is 15.5 Å². The number of nitrogens with one attached hydrogen (secondary N) is 2. The summed E-state index contributed by atoms with van der Waals surface area (Å²) in [5.41, 5.74) is 0. The average molecular weight is 404 g/mol. The van der Waals surface area contributed by atoms with Crippen LogP contribution in [-0.2, 0) is 10.0 Å². The fourth-order valence-corrected chi connectivity index (χ4v) is 4.91. The van der Waals surface area contributed by atoms with Crippen molar-refractivity contribution in [1.29, 1.82) is 0 Å². The van der Waals surface area contributed by atoms with E-state index >= 15 is 0 Å². The third kappa shape index (κ3) is 4.32. The molecule has 0 amide bonds. The van der Waals surface area contributed by atoms with Crippen molar-refractivity contribution in [2.45, 2.75) is 24.3 Å². The van der Waals surface area contributed by atoms with E-state index in [1.54, 1.807) is 12.1 Å². The van der Waals surface area contributed by atoms with Crippen molar-refractivity contribution in [3.8, 4) is 0 Å². The quantitative estimate of drug-likeness (QED) is 0.815. The molecule has 1 aliphatic rings. The highest BCUT2D eigenvalue weighted by Gasteiger charge is 2.27. The van der Waals surface area contributed by atoms with Crippen molar-refractivity contribution < 1.29 is 8.42 Å². The van der Waals surface area contributed by atoms with E-state index in [1.165, 1.54) is 6.07 Å². The molecule has 2 atom stereocenters. The third-order valence-corrected chi connectivity index (χ3v) is 5.98.